The van der Waals surface area contributed by atoms with Gasteiger partial charge in [0.05, 0.1) is 0 Å². The molecule has 0 saturated heterocycles. The smallest absolute Gasteiger partial charge is 0.407 e. The number of carbonyl (C=O) groups is 1. The molecular formula is C16H34N2O2. The van der Waals surface area contributed by atoms with E-state index in [1.54, 1.807) is 0 Å². The van der Waals surface area contributed by atoms with E-state index in [4.69, 9.17) is 10.5 Å². The molecule has 0 atom stereocenters. The molecule has 0 aliphatic carbocycles. The van der Waals surface area contributed by atoms with Crippen LogP contribution in [0.4, 0.5) is 4.79 Å². The van der Waals surface area contributed by atoms with Crippen LogP contribution in [-0.4, -0.2) is 24.8 Å². The second-order valence-electron chi connectivity index (χ2n) is 6.40. The van der Waals surface area contributed by atoms with Crippen LogP contribution in [0.1, 0.15) is 78.6 Å². The largest absolute Gasteiger partial charge is 0.444 e. The molecule has 120 valence electrons. The van der Waals surface area contributed by atoms with Crippen LogP contribution in [0.3, 0.4) is 0 Å². The van der Waals surface area contributed by atoms with E-state index in [1.807, 2.05) is 20.8 Å². The van der Waals surface area contributed by atoms with Crippen molar-refractivity contribution in [2.45, 2.75) is 84.2 Å². The number of unbranched alkanes of at least 4 members (excludes halogenated alkanes) is 8. The Morgan fingerprint density at radius 3 is 1.80 bits per heavy atom. The Balaban J connectivity index is 3.19. The lowest BCUT2D eigenvalue weighted by molar-refractivity contribution is 0.0527. The van der Waals surface area contributed by atoms with Crippen LogP contribution < -0.4 is 11.1 Å². The third kappa shape index (κ3) is 15.3. The number of alkyl carbamates (subject to hydrolysis) is 1. The van der Waals surface area contributed by atoms with Gasteiger partial charge in [-0.3, -0.25) is 0 Å². The van der Waals surface area contributed by atoms with Crippen molar-refractivity contribution in [3.63, 3.8) is 0 Å². The molecule has 0 radical (unpaired) electrons. The van der Waals surface area contributed by atoms with Crippen molar-refractivity contribution in [2.75, 3.05) is 13.1 Å². The maximum Gasteiger partial charge on any atom is 0.407 e. The third-order valence-corrected chi connectivity index (χ3v) is 3.05. The molecule has 20 heavy (non-hydrogen) atoms. The second-order valence-corrected chi connectivity index (χ2v) is 6.40. The van der Waals surface area contributed by atoms with Crippen LogP contribution in [0.25, 0.3) is 0 Å². The first-order valence-electron chi connectivity index (χ1n) is 8.12. The minimum atomic E-state index is -0.409. The van der Waals surface area contributed by atoms with Crippen molar-refractivity contribution < 1.29 is 9.53 Å². The van der Waals surface area contributed by atoms with E-state index in [0.717, 1.165) is 19.4 Å². The molecule has 0 aromatic heterocycles. The maximum atomic E-state index is 11.4. The number of hydrogen-bond donors (Lipinski definition) is 2. The van der Waals surface area contributed by atoms with Crippen molar-refractivity contribution in [1.82, 2.24) is 5.32 Å². The lowest BCUT2D eigenvalue weighted by Crippen LogP contribution is -2.32. The fraction of sp³-hybridized carbons (Fsp3) is 0.938. The van der Waals surface area contributed by atoms with Crippen LogP contribution in [0.2, 0.25) is 0 Å². The quantitative estimate of drug-likeness (QED) is 0.565. The Morgan fingerprint density at radius 1 is 0.900 bits per heavy atom. The van der Waals surface area contributed by atoms with E-state index in [1.165, 1.54) is 44.9 Å². The minimum Gasteiger partial charge on any atom is -0.444 e. The molecule has 0 fully saturated rings. The molecule has 4 nitrogen and oxygen atoms in total. The van der Waals surface area contributed by atoms with Crippen LogP contribution in [0.5, 0.6) is 0 Å². The average Bonchev–Trinajstić information content (AvgIpc) is 2.34. The highest BCUT2D eigenvalue weighted by molar-refractivity contribution is 5.67. The predicted octanol–water partition coefficient (Wildman–Crippen LogP) is 3.98. The van der Waals surface area contributed by atoms with E-state index in [-0.39, 0.29) is 6.09 Å². The zero-order valence-corrected chi connectivity index (χ0v) is 13.7. The van der Waals surface area contributed by atoms with Crippen LogP contribution in [-0.2, 0) is 4.74 Å². The summed E-state index contributed by atoms with van der Waals surface area (Å²) in [6, 6.07) is 0. The van der Waals surface area contributed by atoms with Gasteiger partial charge < -0.3 is 15.8 Å². The first-order valence-corrected chi connectivity index (χ1v) is 8.12. The summed E-state index contributed by atoms with van der Waals surface area (Å²) >= 11 is 0. The lowest BCUT2D eigenvalue weighted by atomic mass is 10.1. The topological polar surface area (TPSA) is 64.3 Å². The van der Waals surface area contributed by atoms with Crippen molar-refractivity contribution in [1.29, 1.82) is 0 Å². The summed E-state index contributed by atoms with van der Waals surface area (Å²) in [5.74, 6) is 0. The number of nitrogens with one attached hydrogen (secondary N) is 1. The molecule has 0 aliphatic heterocycles. The summed E-state index contributed by atoms with van der Waals surface area (Å²) in [6.45, 7) is 7.16. The first-order chi connectivity index (χ1) is 9.45. The molecule has 0 unspecified atom stereocenters. The van der Waals surface area contributed by atoms with Crippen LogP contribution in [0, 0.1) is 0 Å². The number of amides is 1. The van der Waals surface area contributed by atoms with Crippen molar-refractivity contribution in [3.05, 3.63) is 0 Å². The Labute approximate surface area is 124 Å². The summed E-state index contributed by atoms with van der Waals surface area (Å²) in [7, 11) is 0. The van der Waals surface area contributed by atoms with E-state index in [2.05, 4.69) is 5.32 Å². The van der Waals surface area contributed by atoms with Gasteiger partial charge in [0.25, 0.3) is 0 Å². The number of carbonyl (C=O) groups excluding carboxylic acids is 1. The summed E-state index contributed by atoms with van der Waals surface area (Å²) in [5, 5.41) is 2.79. The molecule has 3 N–H and O–H groups in total. The van der Waals surface area contributed by atoms with Gasteiger partial charge in [0.1, 0.15) is 5.60 Å². The third-order valence-electron chi connectivity index (χ3n) is 3.05. The van der Waals surface area contributed by atoms with Crippen LogP contribution >= 0.6 is 0 Å². The number of ether oxygens (including phenoxy) is 1. The molecule has 0 aliphatic rings. The Kier molecular flexibility index (Phi) is 11.5. The van der Waals surface area contributed by atoms with Crippen molar-refractivity contribution >= 4 is 6.09 Å². The summed E-state index contributed by atoms with van der Waals surface area (Å²) in [6.07, 6.45) is 10.9. The number of hydrogen-bond acceptors (Lipinski definition) is 3. The first kappa shape index (κ1) is 19.2. The monoisotopic (exact) mass is 286 g/mol. The van der Waals surface area contributed by atoms with E-state index >= 15 is 0 Å². The SMILES string of the molecule is CC(C)(C)OC(=O)NCCCCCCCCCCCN. The number of rotatable bonds is 11. The second kappa shape index (κ2) is 12.0. The van der Waals surface area contributed by atoms with Crippen molar-refractivity contribution in [2.24, 2.45) is 5.73 Å². The highest BCUT2D eigenvalue weighted by Crippen LogP contribution is 2.09. The summed E-state index contributed by atoms with van der Waals surface area (Å²) in [5.41, 5.74) is 5.04. The van der Waals surface area contributed by atoms with Crippen LogP contribution in [0.15, 0.2) is 0 Å². The zero-order chi connectivity index (χ0) is 15.3. The van der Waals surface area contributed by atoms with E-state index < -0.39 is 5.60 Å². The van der Waals surface area contributed by atoms with Gasteiger partial charge in [0.15, 0.2) is 0 Å². The minimum absolute atomic E-state index is 0.308. The molecule has 0 aromatic rings. The van der Waals surface area contributed by atoms with Crippen molar-refractivity contribution in [3.8, 4) is 0 Å². The Bertz CT molecular complexity index is 237. The number of nitrogens with two attached hydrogens (primary N) is 1. The molecule has 0 aromatic carbocycles. The fourth-order valence-corrected chi connectivity index (χ4v) is 2.01. The molecule has 0 rings (SSSR count). The van der Waals surface area contributed by atoms with E-state index in [9.17, 15) is 4.79 Å². The Morgan fingerprint density at radius 2 is 1.35 bits per heavy atom. The van der Waals surface area contributed by atoms with E-state index in [0.29, 0.717) is 6.54 Å². The molecule has 4 heteroatoms. The molecule has 0 saturated carbocycles. The zero-order valence-electron chi connectivity index (χ0n) is 13.7. The molecule has 0 bridgehead atoms. The van der Waals surface area contributed by atoms with Gasteiger partial charge in [-0.05, 0) is 40.2 Å². The van der Waals surface area contributed by atoms with Gasteiger partial charge in [0, 0.05) is 6.54 Å². The molecule has 1 amide bonds. The van der Waals surface area contributed by atoms with Gasteiger partial charge in [-0.25, -0.2) is 4.79 Å². The highest BCUT2D eigenvalue weighted by Gasteiger charge is 2.15. The highest BCUT2D eigenvalue weighted by atomic mass is 16.6. The van der Waals surface area contributed by atoms with Gasteiger partial charge >= 0.3 is 6.09 Å². The van der Waals surface area contributed by atoms with Gasteiger partial charge in [-0.15, -0.1) is 0 Å². The average molecular weight is 286 g/mol. The van der Waals surface area contributed by atoms with Gasteiger partial charge in [-0.1, -0.05) is 44.9 Å². The Hall–Kier alpha value is -0.770. The van der Waals surface area contributed by atoms with Gasteiger partial charge in [-0.2, -0.15) is 0 Å². The maximum absolute atomic E-state index is 11.4. The summed E-state index contributed by atoms with van der Waals surface area (Å²) < 4.78 is 5.17. The van der Waals surface area contributed by atoms with Gasteiger partial charge in [0.2, 0.25) is 0 Å². The molecular weight excluding hydrogens is 252 g/mol. The molecule has 0 spiro atoms. The molecule has 0 heterocycles. The normalized spacial score (nSPS) is 11.4. The standard InChI is InChI=1S/C16H34N2O2/c1-16(2,3)20-15(19)18-14-12-10-8-6-4-5-7-9-11-13-17/h4-14,17H2,1-3H3,(H,18,19). The fourth-order valence-electron chi connectivity index (χ4n) is 2.01. The summed E-state index contributed by atoms with van der Waals surface area (Å²) in [4.78, 5) is 11.4. The predicted molar refractivity (Wildman–Crippen MR) is 84.8 cm³/mol. The lowest BCUT2D eigenvalue weighted by Gasteiger charge is -2.19.